The lowest BCUT2D eigenvalue weighted by atomic mass is 10.2. The quantitative estimate of drug-likeness (QED) is 0.695. The number of carbonyl (C=O) groups is 1. The molecule has 21 heavy (non-hydrogen) atoms. The molecule has 1 aromatic rings. The molecule has 0 aliphatic rings. The highest BCUT2D eigenvalue weighted by molar-refractivity contribution is 9.13. The van der Waals surface area contributed by atoms with Crippen LogP contribution in [0, 0.1) is 0 Å². The molecule has 0 atom stereocenters. The largest absolute Gasteiger partial charge is 0.452 e. The van der Waals surface area contributed by atoms with Crippen LogP contribution < -0.4 is 5.32 Å². The first-order valence-corrected chi connectivity index (χ1v) is 8.44. The summed E-state index contributed by atoms with van der Waals surface area (Å²) in [4.78, 5) is 13.6. The van der Waals surface area contributed by atoms with Gasteiger partial charge in [0.1, 0.15) is 11.4 Å². The Bertz CT molecular complexity index is 450. The smallest absolute Gasteiger partial charge is 0.410 e. The van der Waals surface area contributed by atoms with Crippen molar-refractivity contribution < 1.29 is 13.9 Å². The molecule has 0 unspecified atom stereocenters. The van der Waals surface area contributed by atoms with Crippen molar-refractivity contribution >= 4 is 38.0 Å². The summed E-state index contributed by atoms with van der Waals surface area (Å²) in [5.41, 5.74) is -0.468. The molecule has 1 N–H and O–H groups in total. The summed E-state index contributed by atoms with van der Waals surface area (Å²) in [5, 5.41) is 3.24. The topological polar surface area (TPSA) is 54.7 Å². The molecule has 0 radical (unpaired) electrons. The van der Waals surface area contributed by atoms with Crippen molar-refractivity contribution in [3.8, 4) is 0 Å². The predicted molar refractivity (Wildman–Crippen MR) is 89.3 cm³/mol. The van der Waals surface area contributed by atoms with Gasteiger partial charge in [-0.2, -0.15) is 0 Å². The van der Waals surface area contributed by atoms with Crippen LogP contribution in [0.15, 0.2) is 19.6 Å². The number of carbonyl (C=O) groups excluding carboxylic acids is 1. The number of nitrogens with zero attached hydrogens (tertiary/aromatic N) is 1. The van der Waals surface area contributed by atoms with Crippen molar-refractivity contribution in [1.29, 1.82) is 0 Å². The van der Waals surface area contributed by atoms with E-state index in [1.54, 1.807) is 4.90 Å². The molecule has 1 amide bonds. The first kappa shape index (κ1) is 18.5. The van der Waals surface area contributed by atoms with Crippen LogP contribution in [0.5, 0.6) is 0 Å². The van der Waals surface area contributed by atoms with E-state index in [1.165, 1.54) is 0 Å². The second-order valence-electron chi connectivity index (χ2n) is 5.57. The summed E-state index contributed by atoms with van der Waals surface area (Å²) in [6, 6.07) is 1.91. The van der Waals surface area contributed by atoms with Crippen LogP contribution in [0.3, 0.4) is 0 Å². The number of furan rings is 1. The fraction of sp³-hybridized carbons (Fsp3) is 0.643. The van der Waals surface area contributed by atoms with E-state index in [-0.39, 0.29) is 6.09 Å². The monoisotopic (exact) mass is 424 g/mol. The van der Waals surface area contributed by atoms with Gasteiger partial charge in [-0.3, -0.25) is 0 Å². The van der Waals surface area contributed by atoms with E-state index in [2.05, 4.69) is 37.2 Å². The van der Waals surface area contributed by atoms with Gasteiger partial charge in [0.15, 0.2) is 4.67 Å². The van der Waals surface area contributed by atoms with Crippen molar-refractivity contribution in [2.24, 2.45) is 0 Å². The minimum atomic E-state index is -0.468. The Labute approximate surface area is 142 Å². The van der Waals surface area contributed by atoms with Gasteiger partial charge in [-0.25, -0.2) is 4.79 Å². The number of hydrogen-bond acceptors (Lipinski definition) is 4. The van der Waals surface area contributed by atoms with Crippen molar-refractivity contribution in [1.82, 2.24) is 10.2 Å². The van der Waals surface area contributed by atoms with E-state index < -0.39 is 5.60 Å². The van der Waals surface area contributed by atoms with E-state index in [0.717, 1.165) is 10.2 Å². The number of likely N-dealkylation sites (N-methyl/N-ethyl adjacent to an activating group) is 1. The van der Waals surface area contributed by atoms with E-state index >= 15 is 0 Å². The normalized spacial score (nSPS) is 11.5. The lowest BCUT2D eigenvalue weighted by Gasteiger charge is -2.26. The van der Waals surface area contributed by atoms with Gasteiger partial charge in [0, 0.05) is 19.6 Å². The van der Waals surface area contributed by atoms with Crippen LogP contribution in [0.4, 0.5) is 4.79 Å². The number of hydrogen-bond donors (Lipinski definition) is 1. The number of amides is 1. The maximum absolute atomic E-state index is 11.9. The molecule has 1 rings (SSSR count). The molecule has 5 nitrogen and oxygen atoms in total. The Morgan fingerprint density at radius 3 is 2.57 bits per heavy atom. The van der Waals surface area contributed by atoms with Crippen molar-refractivity contribution in [3.05, 3.63) is 21.0 Å². The summed E-state index contributed by atoms with van der Waals surface area (Å²) in [6.45, 7) is 10.0. The standard InChI is InChI=1S/C14H22Br2N2O3/c1-5-18(13(19)21-14(2,3)4)7-6-17-9-10-8-11(15)12(16)20-10/h8,17H,5-7,9H2,1-4H3. The number of nitrogens with one attached hydrogen (secondary N) is 1. The summed E-state index contributed by atoms with van der Waals surface area (Å²) in [6.07, 6.45) is -0.282. The minimum absolute atomic E-state index is 0.282. The van der Waals surface area contributed by atoms with Crippen molar-refractivity contribution in [3.63, 3.8) is 0 Å². The van der Waals surface area contributed by atoms with Gasteiger partial charge in [-0.15, -0.1) is 0 Å². The molecule has 1 aromatic heterocycles. The molecule has 0 saturated carbocycles. The van der Waals surface area contributed by atoms with Gasteiger partial charge in [0.25, 0.3) is 0 Å². The van der Waals surface area contributed by atoms with E-state index in [4.69, 9.17) is 9.15 Å². The third kappa shape index (κ3) is 6.84. The minimum Gasteiger partial charge on any atom is -0.452 e. The molecular weight excluding hydrogens is 404 g/mol. The number of ether oxygens (including phenoxy) is 1. The third-order valence-corrected chi connectivity index (χ3v) is 4.30. The molecule has 0 spiro atoms. The summed E-state index contributed by atoms with van der Waals surface area (Å²) in [5.74, 6) is 0.828. The van der Waals surface area contributed by atoms with Gasteiger partial charge >= 0.3 is 6.09 Å². The second kappa shape index (κ2) is 8.19. The SMILES string of the molecule is CCN(CCNCc1cc(Br)c(Br)o1)C(=O)OC(C)(C)C. The molecular formula is C14H22Br2N2O3. The number of halogens is 2. The van der Waals surface area contributed by atoms with Crippen LogP contribution >= 0.6 is 31.9 Å². The first-order chi connectivity index (χ1) is 9.73. The summed E-state index contributed by atoms with van der Waals surface area (Å²) >= 11 is 6.66. The molecule has 0 saturated heterocycles. The van der Waals surface area contributed by atoms with Gasteiger partial charge in [-0.1, -0.05) is 0 Å². The van der Waals surface area contributed by atoms with Crippen LogP contribution in [0.25, 0.3) is 0 Å². The average molecular weight is 426 g/mol. The van der Waals surface area contributed by atoms with E-state index in [0.29, 0.717) is 30.8 Å². The molecule has 0 bridgehead atoms. The predicted octanol–water partition coefficient (Wildman–Crippen LogP) is 4.15. The highest BCUT2D eigenvalue weighted by Gasteiger charge is 2.20. The zero-order chi connectivity index (χ0) is 16.0. The highest BCUT2D eigenvalue weighted by Crippen LogP contribution is 2.26. The van der Waals surface area contributed by atoms with Crippen LogP contribution in [0.1, 0.15) is 33.5 Å². The Morgan fingerprint density at radius 1 is 1.43 bits per heavy atom. The fourth-order valence-electron chi connectivity index (χ4n) is 1.61. The molecule has 0 aliphatic carbocycles. The zero-order valence-corrected chi connectivity index (χ0v) is 16.0. The third-order valence-electron chi connectivity index (χ3n) is 2.59. The molecule has 1 heterocycles. The van der Waals surface area contributed by atoms with Gasteiger partial charge in [0.2, 0.25) is 0 Å². The lowest BCUT2D eigenvalue weighted by Crippen LogP contribution is -2.40. The Kier molecular flexibility index (Phi) is 7.23. The first-order valence-electron chi connectivity index (χ1n) is 6.85. The molecule has 0 aliphatic heterocycles. The Hall–Kier alpha value is -0.530. The molecule has 7 heteroatoms. The van der Waals surface area contributed by atoms with Crippen LogP contribution in [-0.4, -0.2) is 36.2 Å². The number of rotatable bonds is 6. The lowest BCUT2D eigenvalue weighted by molar-refractivity contribution is 0.0262. The maximum atomic E-state index is 11.9. The summed E-state index contributed by atoms with van der Waals surface area (Å²) < 4.78 is 12.4. The Balaban J connectivity index is 2.33. The summed E-state index contributed by atoms with van der Waals surface area (Å²) in [7, 11) is 0. The Morgan fingerprint density at radius 2 is 2.10 bits per heavy atom. The van der Waals surface area contributed by atoms with Gasteiger partial charge in [0.05, 0.1) is 11.0 Å². The van der Waals surface area contributed by atoms with Crippen LogP contribution in [-0.2, 0) is 11.3 Å². The van der Waals surface area contributed by atoms with E-state index in [9.17, 15) is 4.79 Å². The van der Waals surface area contributed by atoms with Crippen molar-refractivity contribution in [2.45, 2.75) is 39.8 Å². The van der Waals surface area contributed by atoms with Crippen molar-refractivity contribution in [2.75, 3.05) is 19.6 Å². The maximum Gasteiger partial charge on any atom is 0.410 e. The second-order valence-corrected chi connectivity index (χ2v) is 7.15. The van der Waals surface area contributed by atoms with Crippen LogP contribution in [0.2, 0.25) is 0 Å². The van der Waals surface area contributed by atoms with Gasteiger partial charge in [-0.05, 0) is 65.6 Å². The zero-order valence-electron chi connectivity index (χ0n) is 12.8. The molecule has 120 valence electrons. The van der Waals surface area contributed by atoms with E-state index in [1.807, 2.05) is 33.8 Å². The highest BCUT2D eigenvalue weighted by atomic mass is 79.9. The molecule has 0 fully saturated rings. The average Bonchev–Trinajstić information content (AvgIpc) is 2.66. The molecule has 0 aromatic carbocycles. The fourth-order valence-corrected chi connectivity index (χ4v) is 2.27. The van der Waals surface area contributed by atoms with Gasteiger partial charge < -0.3 is 19.4 Å².